The molecule has 1 nitrogen and oxygen atoms in total. The third-order valence-corrected chi connectivity index (χ3v) is 7.69. The van der Waals surface area contributed by atoms with Crippen LogP contribution in [0.1, 0.15) is 101 Å². The molecular formula is C23H48OS3. The summed E-state index contributed by atoms with van der Waals surface area (Å²) in [5, 5.41) is 1.14. The van der Waals surface area contributed by atoms with Crippen LogP contribution >= 0.6 is 36.2 Å². The van der Waals surface area contributed by atoms with Crippen LogP contribution < -0.4 is 0 Å². The van der Waals surface area contributed by atoms with Crippen molar-refractivity contribution in [1.82, 2.24) is 0 Å². The van der Waals surface area contributed by atoms with E-state index in [2.05, 4.69) is 105 Å². The minimum atomic E-state index is 0.0102. The van der Waals surface area contributed by atoms with Gasteiger partial charge in [-0.25, -0.2) is 0 Å². The molecule has 0 aliphatic rings. The fourth-order valence-electron chi connectivity index (χ4n) is 3.59. The van der Waals surface area contributed by atoms with Gasteiger partial charge in [0.05, 0.1) is 5.60 Å². The summed E-state index contributed by atoms with van der Waals surface area (Å²) in [7, 11) is 0. The molecule has 2 atom stereocenters. The Morgan fingerprint density at radius 2 is 1.48 bits per heavy atom. The van der Waals surface area contributed by atoms with Crippen LogP contribution in [0.3, 0.4) is 0 Å². The van der Waals surface area contributed by atoms with E-state index < -0.39 is 0 Å². The first-order valence-corrected chi connectivity index (χ1v) is 13.2. The van der Waals surface area contributed by atoms with E-state index in [0.29, 0.717) is 20.0 Å². The van der Waals surface area contributed by atoms with Crippen molar-refractivity contribution >= 4 is 36.2 Å². The summed E-state index contributed by atoms with van der Waals surface area (Å²) in [5.74, 6) is 1.94. The van der Waals surface area contributed by atoms with Crippen molar-refractivity contribution in [3.05, 3.63) is 0 Å². The number of hydrogen-bond donors (Lipinski definition) is 1. The zero-order valence-electron chi connectivity index (χ0n) is 19.9. The van der Waals surface area contributed by atoms with Gasteiger partial charge >= 0.3 is 0 Å². The van der Waals surface area contributed by atoms with Gasteiger partial charge in [-0.05, 0) is 57.6 Å². The minimum Gasteiger partial charge on any atom is -0.376 e. The van der Waals surface area contributed by atoms with Crippen molar-refractivity contribution in [2.24, 2.45) is 5.92 Å². The molecule has 0 N–H and O–H groups in total. The largest absolute Gasteiger partial charge is 0.376 e. The summed E-state index contributed by atoms with van der Waals surface area (Å²) in [4.78, 5) is 0. The third kappa shape index (κ3) is 16.5. The summed E-state index contributed by atoms with van der Waals surface area (Å²) in [6.07, 6.45) is 5.94. The van der Waals surface area contributed by atoms with Crippen molar-refractivity contribution in [2.45, 2.75) is 127 Å². The van der Waals surface area contributed by atoms with Crippen LogP contribution in [0, 0.1) is 5.92 Å². The molecule has 0 aromatic heterocycles. The maximum atomic E-state index is 6.10. The number of thiol groups is 1. The molecule has 0 aliphatic heterocycles. The quantitative estimate of drug-likeness (QED) is 0.205. The molecule has 4 heteroatoms. The summed E-state index contributed by atoms with van der Waals surface area (Å²) < 4.78 is 6.74. The highest BCUT2D eigenvalue weighted by Gasteiger charge is 2.28. The normalized spacial score (nSPS) is 16.0. The van der Waals surface area contributed by atoms with Gasteiger partial charge in [0.15, 0.2) is 0 Å². The molecule has 0 radical (unpaired) electrons. The molecule has 0 aliphatic carbocycles. The molecule has 0 bridgehead atoms. The van der Waals surface area contributed by atoms with Gasteiger partial charge in [0.25, 0.3) is 0 Å². The lowest BCUT2D eigenvalue weighted by atomic mass is 10.0. The van der Waals surface area contributed by atoms with Crippen molar-refractivity contribution in [1.29, 1.82) is 0 Å². The van der Waals surface area contributed by atoms with E-state index in [1.165, 1.54) is 18.6 Å². The third-order valence-electron chi connectivity index (χ3n) is 4.69. The first kappa shape index (κ1) is 28.0. The van der Waals surface area contributed by atoms with Gasteiger partial charge in [0, 0.05) is 26.6 Å². The second-order valence-electron chi connectivity index (χ2n) is 10.4. The van der Waals surface area contributed by atoms with E-state index >= 15 is 0 Å². The van der Waals surface area contributed by atoms with Crippen LogP contribution in [-0.4, -0.2) is 38.0 Å². The summed E-state index contributed by atoms with van der Waals surface area (Å²) in [6.45, 7) is 24.0. The van der Waals surface area contributed by atoms with Crippen molar-refractivity contribution < 1.29 is 4.74 Å². The van der Waals surface area contributed by atoms with E-state index in [0.717, 1.165) is 31.8 Å². The molecule has 0 fully saturated rings. The van der Waals surface area contributed by atoms with E-state index in [4.69, 9.17) is 4.74 Å². The van der Waals surface area contributed by atoms with Gasteiger partial charge in [-0.1, -0.05) is 55.4 Å². The minimum absolute atomic E-state index is 0.0102. The van der Waals surface area contributed by atoms with Gasteiger partial charge in [0.2, 0.25) is 0 Å². The highest BCUT2D eigenvalue weighted by atomic mass is 32.2. The van der Waals surface area contributed by atoms with Crippen LogP contribution in [-0.2, 0) is 4.74 Å². The topological polar surface area (TPSA) is 9.23 Å². The SMILES string of the molecule is CC(C)CCOC(C)(C)CCCSC(C)(C)CC(C)SC(C)(C)CC(C)S. The fraction of sp³-hybridized carbons (Fsp3) is 1.00. The molecule has 0 aromatic rings. The Labute approximate surface area is 185 Å². The Balaban J connectivity index is 4.18. The van der Waals surface area contributed by atoms with Gasteiger partial charge in [-0.15, -0.1) is 0 Å². The predicted molar refractivity (Wildman–Crippen MR) is 134 cm³/mol. The number of hydrogen-bond acceptors (Lipinski definition) is 4. The predicted octanol–water partition coefficient (Wildman–Crippen LogP) is 8.12. The Hall–Kier alpha value is 1.01. The first-order valence-electron chi connectivity index (χ1n) is 10.8. The van der Waals surface area contributed by atoms with E-state index in [1.807, 2.05) is 0 Å². The Bertz CT molecular complexity index is 389. The van der Waals surface area contributed by atoms with Crippen LogP contribution in [0.15, 0.2) is 0 Å². The molecule has 2 unspecified atom stereocenters. The number of thioether (sulfide) groups is 2. The lowest BCUT2D eigenvalue weighted by molar-refractivity contribution is -0.0279. The molecule has 0 saturated heterocycles. The Morgan fingerprint density at radius 3 is 2.00 bits per heavy atom. The molecular weight excluding hydrogens is 388 g/mol. The second kappa shape index (κ2) is 12.6. The van der Waals surface area contributed by atoms with E-state index in [1.54, 1.807) is 0 Å². The average molecular weight is 437 g/mol. The second-order valence-corrected chi connectivity index (χ2v) is 15.3. The smallest absolute Gasteiger partial charge is 0.0626 e. The van der Waals surface area contributed by atoms with Gasteiger partial charge in [-0.3, -0.25) is 0 Å². The van der Waals surface area contributed by atoms with E-state index in [-0.39, 0.29) is 5.60 Å². The maximum absolute atomic E-state index is 6.10. The molecule has 0 amide bonds. The zero-order valence-corrected chi connectivity index (χ0v) is 22.4. The van der Waals surface area contributed by atoms with Gasteiger partial charge < -0.3 is 4.74 Å². The average Bonchev–Trinajstić information content (AvgIpc) is 2.39. The molecule has 164 valence electrons. The number of rotatable bonds is 15. The summed E-state index contributed by atoms with van der Waals surface area (Å²) >= 11 is 8.85. The number of ether oxygens (including phenoxy) is 1. The van der Waals surface area contributed by atoms with Gasteiger partial charge in [-0.2, -0.15) is 36.2 Å². The maximum Gasteiger partial charge on any atom is 0.0626 e. The fourth-order valence-corrected chi connectivity index (χ4v) is 7.42. The molecule has 0 saturated carbocycles. The van der Waals surface area contributed by atoms with Crippen LogP contribution in [0.5, 0.6) is 0 Å². The van der Waals surface area contributed by atoms with Crippen LogP contribution in [0.4, 0.5) is 0 Å². The highest BCUT2D eigenvalue weighted by Crippen LogP contribution is 2.40. The Kier molecular flexibility index (Phi) is 13.1. The van der Waals surface area contributed by atoms with Crippen LogP contribution in [0.25, 0.3) is 0 Å². The molecule has 27 heavy (non-hydrogen) atoms. The van der Waals surface area contributed by atoms with Crippen molar-refractivity contribution in [3.63, 3.8) is 0 Å². The first-order chi connectivity index (χ1) is 12.1. The molecule has 0 heterocycles. The zero-order chi connectivity index (χ0) is 21.3. The molecule has 0 spiro atoms. The summed E-state index contributed by atoms with van der Waals surface area (Å²) in [5.41, 5.74) is 0.0102. The van der Waals surface area contributed by atoms with Crippen molar-refractivity contribution in [3.8, 4) is 0 Å². The monoisotopic (exact) mass is 436 g/mol. The Morgan fingerprint density at radius 1 is 0.889 bits per heavy atom. The molecule has 0 rings (SSSR count). The summed E-state index contributed by atoms with van der Waals surface area (Å²) in [6, 6.07) is 0. The van der Waals surface area contributed by atoms with Crippen molar-refractivity contribution in [2.75, 3.05) is 12.4 Å². The van der Waals surface area contributed by atoms with Gasteiger partial charge in [0.1, 0.15) is 0 Å². The molecule has 0 aromatic carbocycles. The highest BCUT2D eigenvalue weighted by molar-refractivity contribution is 8.01. The van der Waals surface area contributed by atoms with Crippen LogP contribution in [0.2, 0.25) is 0 Å². The lowest BCUT2D eigenvalue weighted by Gasteiger charge is -2.33. The standard InChI is InChI=1S/C23H48OS3/c1-18(2)12-14-24-21(5,6)13-11-15-26-22(7,8)17-20(4)27-23(9,10)16-19(3)25/h18-20,25H,11-17H2,1-10H3. The van der Waals surface area contributed by atoms with E-state index in [9.17, 15) is 0 Å². The lowest BCUT2D eigenvalue weighted by Crippen LogP contribution is -2.27.